The van der Waals surface area contributed by atoms with Crippen LogP contribution in [0.2, 0.25) is 0 Å². The lowest BCUT2D eigenvalue weighted by atomic mass is 10.0. The van der Waals surface area contributed by atoms with Crippen LogP contribution in [0.3, 0.4) is 0 Å². The monoisotopic (exact) mass is 846 g/mol. The summed E-state index contributed by atoms with van der Waals surface area (Å²) in [5, 5.41) is 23.0. The molecule has 1 amide bonds. The van der Waals surface area contributed by atoms with E-state index >= 15 is 0 Å². The molecule has 6 heteroatoms. The third-order valence-corrected chi connectivity index (χ3v) is 12.2. The van der Waals surface area contributed by atoms with Crippen molar-refractivity contribution in [2.75, 3.05) is 13.2 Å². The van der Waals surface area contributed by atoms with Gasteiger partial charge in [-0.15, -0.1) is 0 Å². The van der Waals surface area contributed by atoms with Crippen molar-refractivity contribution < 1.29 is 24.5 Å². The fourth-order valence-corrected chi connectivity index (χ4v) is 8.10. The van der Waals surface area contributed by atoms with Gasteiger partial charge in [0.1, 0.15) is 0 Å². The summed E-state index contributed by atoms with van der Waals surface area (Å²) < 4.78 is 5.45. The Labute approximate surface area is 373 Å². The first-order chi connectivity index (χ1) is 29.5. The second-order valence-electron chi connectivity index (χ2n) is 18.2. The molecule has 2 atom stereocenters. The van der Waals surface area contributed by atoms with Crippen LogP contribution in [-0.4, -0.2) is 47.4 Å². The topological polar surface area (TPSA) is 95.9 Å². The van der Waals surface area contributed by atoms with Crippen LogP contribution in [0.15, 0.2) is 24.3 Å². The van der Waals surface area contributed by atoms with Gasteiger partial charge in [0.2, 0.25) is 5.91 Å². The van der Waals surface area contributed by atoms with Gasteiger partial charge in [0.15, 0.2) is 0 Å². The van der Waals surface area contributed by atoms with E-state index in [0.717, 1.165) is 77.0 Å². The van der Waals surface area contributed by atoms with Crippen LogP contribution in [0.1, 0.15) is 284 Å². The molecule has 0 aromatic rings. The molecule has 0 fully saturated rings. The van der Waals surface area contributed by atoms with Crippen LogP contribution in [0.25, 0.3) is 0 Å². The molecule has 0 aliphatic rings. The number of hydrogen-bond donors (Lipinski definition) is 3. The van der Waals surface area contributed by atoms with Gasteiger partial charge in [-0.2, -0.15) is 0 Å². The van der Waals surface area contributed by atoms with Crippen molar-refractivity contribution in [3.8, 4) is 0 Å². The van der Waals surface area contributed by atoms with E-state index in [0.29, 0.717) is 19.4 Å². The maximum absolute atomic E-state index is 12.4. The van der Waals surface area contributed by atoms with E-state index in [4.69, 9.17) is 4.74 Å². The number of carbonyl (C=O) groups excluding carboxylic acids is 2. The fourth-order valence-electron chi connectivity index (χ4n) is 8.10. The number of rotatable bonds is 49. The summed E-state index contributed by atoms with van der Waals surface area (Å²) in [5.74, 6) is -0.114. The number of carbonyl (C=O) groups is 2. The van der Waals surface area contributed by atoms with E-state index in [9.17, 15) is 19.8 Å². The number of aliphatic hydroxyl groups is 2. The molecule has 0 aliphatic heterocycles. The number of allylic oxidation sites excluding steroid dienone is 3. The van der Waals surface area contributed by atoms with Gasteiger partial charge in [0, 0.05) is 12.8 Å². The van der Waals surface area contributed by atoms with E-state index < -0.39 is 12.1 Å². The lowest BCUT2D eigenvalue weighted by Crippen LogP contribution is -2.45. The summed E-state index contributed by atoms with van der Waals surface area (Å²) in [6.45, 7) is 4.85. The molecule has 0 aromatic heterocycles. The molecule has 0 heterocycles. The Morgan fingerprint density at radius 2 is 0.783 bits per heavy atom. The lowest BCUT2D eigenvalue weighted by molar-refractivity contribution is -0.143. The van der Waals surface area contributed by atoms with Gasteiger partial charge >= 0.3 is 5.97 Å². The Morgan fingerprint density at radius 1 is 0.450 bits per heavy atom. The second-order valence-corrected chi connectivity index (χ2v) is 18.2. The molecule has 3 N–H and O–H groups in total. The molecular formula is C54H103NO5. The number of ether oxygens (including phenoxy) is 1. The Morgan fingerprint density at radius 3 is 1.18 bits per heavy atom. The first kappa shape index (κ1) is 58.3. The molecule has 0 aliphatic carbocycles. The first-order valence-corrected chi connectivity index (χ1v) is 26.6. The molecule has 6 nitrogen and oxygen atoms in total. The number of hydrogen-bond acceptors (Lipinski definition) is 5. The van der Waals surface area contributed by atoms with E-state index in [1.807, 2.05) is 6.08 Å². The molecule has 60 heavy (non-hydrogen) atoms. The van der Waals surface area contributed by atoms with Gasteiger partial charge < -0.3 is 20.3 Å². The van der Waals surface area contributed by atoms with Crippen LogP contribution in [0, 0.1) is 0 Å². The van der Waals surface area contributed by atoms with Crippen molar-refractivity contribution in [2.45, 2.75) is 296 Å². The van der Waals surface area contributed by atoms with Crippen molar-refractivity contribution in [1.29, 1.82) is 0 Å². The molecular weight excluding hydrogens is 743 g/mol. The minimum atomic E-state index is -0.859. The molecule has 2 unspecified atom stereocenters. The van der Waals surface area contributed by atoms with E-state index in [-0.39, 0.29) is 18.5 Å². The predicted octanol–water partition coefficient (Wildman–Crippen LogP) is 15.9. The minimum absolute atomic E-state index is 0.0211. The second kappa shape index (κ2) is 50.0. The maximum Gasteiger partial charge on any atom is 0.305 e. The van der Waals surface area contributed by atoms with Crippen LogP contribution in [-0.2, 0) is 14.3 Å². The molecule has 0 aromatic carbocycles. The molecule has 0 saturated heterocycles. The highest BCUT2D eigenvalue weighted by Crippen LogP contribution is 2.16. The minimum Gasteiger partial charge on any atom is -0.466 e. The van der Waals surface area contributed by atoms with Crippen molar-refractivity contribution >= 4 is 11.9 Å². The van der Waals surface area contributed by atoms with Gasteiger partial charge in [0.05, 0.1) is 25.4 Å². The van der Waals surface area contributed by atoms with Gasteiger partial charge in [-0.25, -0.2) is 0 Å². The number of aliphatic hydroxyl groups excluding tert-OH is 2. The molecule has 354 valence electrons. The third-order valence-electron chi connectivity index (χ3n) is 12.2. The number of amides is 1. The zero-order chi connectivity index (χ0) is 43.7. The van der Waals surface area contributed by atoms with Crippen molar-refractivity contribution in [3.63, 3.8) is 0 Å². The largest absolute Gasteiger partial charge is 0.466 e. The molecule has 0 rings (SSSR count). The highest BCUT2D eigenvalue weighted by Gasteiger charge is 2.18. The van der Waals surface area contributed by atoms with Crippen LogP contribution in [0.4, 0.5) is 0 Å². The van der Waals surface area contributed by atoms with E-state index in [1.165, 1.54) is 180 Å². The highest BCUT2D eigenvalue weighted by molar-refractivity contribution is 5.76. The van der Waals surface area contributed by atoms with Crippen LogP contribution in [0.5, 0.6) is 0 Å². The Balaban J connectivity index is 3.52. The molecule has 0 saturated carbocycles. The summed E-state index contributed by atoms with van der Waals surface area (Å²) in [4.78, 5) is 24.5. The van der Waals surface area contributed by atoms with Gasteiger partial charge in [-0.3, -0.25) is 9.59 Å². The van der Waals surface area contributed by atoms with Gasteiger partial charge in [0.25, 0.3) is 0 Å². The third kappa shape index (κ3) is 45.9. The fraction of sp³-hybridized carbons (Fsp3) is 0.889. The molecule has 0 spiro atoms. The van der Waals surface area contributed by atoms with Gasteiger partial charge in [-0.1, -0.05) is 231 Å². The maximum atomic E-state index is 12.4. The zero-order valence-corrected chi connectivity index (χ0v) is 40.2. The summed E-state index contributed by atoms with van der Waals surface area (Å²) in [7, 11) is 0. The van der Waals surface area contributed by atoms with Crippen LogP contribution >= 0.6 is 0 Å². The number of esters is 1. The summed E-state index contributed by atoms with van der Waals surface area (Å²) in [6.07, 6.45) is 58.9. The van der Waals surface area contributed by atoms with Crippen molar-refractivity contribution in [1.82, 2.24) is 5.32 Å². The molecule has 0 radical (unpaired) electrons. The number of unbranched alkanes of at least 4 members (excludes halogenated alkanes) is 36. The lowest BCUT2D eigenvalue weighted by Gasteiger charge is -2.20. The Bertz CT molecular complexity index is 935. The quantitative estimate of drug-likeness (QED) is 0.0322. The van der Waals surface area contributed by atoms with Gasteiger partial charge in [-0.05, 0) is 64.2 Å². The summed E-state index contributed by atoms with van der Waals surface area (Å²) >= 11 is 0. The Hall–Kier alpha value is -1.66. The smallest absolute Gasteiger partial charge is 0.305 e. The summed E-state index contributed by atoms with van der Waals surface area (Å²) in [6, 6.07) is -0.645. The first-order valence-electron chi connectivity index (χ1n) is 26.6. The normalized spacial score (nSPS) is 12.8. The highest BCUT2D eigenvalue weighted by atomic mass is 16.5. The van der Waals surface area contributed by atoms with Crippen molar-refractivity contribution in [2.24, 2.45) is 0 Å². The average Bonchev–Trinajstić information content (AvgIpc) is 3.25. The molecule has 0 bridgehead atoms. The zero-order valence-electron chi connectivity index (χ0n) is 40.2. The van der Waals surface area contributed by atoms with E-state index in [1.54, 1.807) is 6.08 Å². The predicted molar refractivity (Wildman–Crippen MR) is 260 cm³/mol. The number of nitrogens with one attached hydrogen (secondary N) is 1. The SMILES string of the molecule is CCCCCCCCCCCCCCC/C=C/C(O)C(CO)NC(=O)CCCCCCC/C=C\CCCCCOC(=O)CCCCCCCCCCCCCCCCCC. The van der Waals surface area contributed by atoms with Crippen LogP contribution < -0.4 is 5.32 Å². The summed E-state index contributed by atoms with van der Waals surface area (Å²) in [5.41, 5.74) is 0. The van der Waals surface area contributed by atoms with E-state index in [2.05, 4.69) is 31.3 Å². The standard InChI is InChI=1S/C54H103NO5/c1-3-5-7-9-11-13-15-17-19-21-23-28-32-36-40-44-48-54(59)60-49-45-41-37-33-29-25-24-27-31-35-39-43-47-53(58)55-51(50-56)52(57)46-42-38-34-30-26-22-20-18-16-14-12-10-8-6-4-2/h25,29,42,46,51-52,56-57H,3-24,26-28,30-41,43-45,47-50H2,1-2H3,(H,55,58)/b29-25-,46-42+. The van der Waals surface area contributed by atoms with Crippen molar-refractivity contribution in [3.05, 3.63) is 24.3 Å². The average molecular weight is 846 g/mol. The Kier molecular flexibility index (Phi) is 48.6.